The molecule has 0 radical (unpaired) electrons. The lowest BCUT2D eigenvalue weighted by molar-refractivity contribution is -0.126. The summed E-state index contributed by atoms with van der Waals surface area (Å²) in [6, 6.07) is 7.78. The van der Waals surface area contributed by atoms with Crippen LogP contribution in [0.4, 0.5) is 0 Å². The van der Waals surface area contributed by atoms with E-state index in [1.165, 1.54) is 0 Å². The third-order valence-electron chi connectivity index (χ3n) is 3.48. The van der Waals surface area contributed by atoms with Crippen LogP contribution in [0.5, 0.6) is 0 Å². The van der Waals surface area contributed by atoms with Gasteiger partial charge in [0.05, 0.1) is 5.92 Å². The number of amides is 1. The molecular formula is C15H22Cl2N2O. The van der Waals surface area contributed by atoms with Crippen molar-refractivity contribution in [3.05, 3.63) is 34.9 Å². The maximum absolute atomic E-state index is 12.2. The molecule has 0 aliphatic carbocycles. The van der Waals surface area contributed by atoms with Gasteiger partial charge in [0.25, 0.3) is 0 Å². The zero-order valence-corrected chi connectivity index (χ0v) is 13.5. The van der Waals surface area contributed by atoms with E-state index in [1.807, 2.05) is 38.1 Å². The van der Waals surface area contributed by atoms with Crippen LogP contribution in [0.15, 0.2) is 24.3 Å². The molecular weight excluding hydrogens is 295 g/mol. The molecule has 1 heterocycles. The maximum atomic E-state index is 12.2. The number of rotatable bonds is 4. The van der Waals surface area contributed by atoms with Crippen molar-refractivity contribution in [3.8, 4) is 0 Å². The third kappa shape index (κ3) is 4.65. The fourth-order valence-corrected chi connectivity index (χ4v) is 2.68. The number of hydrogen-bond donors (Lipinski definition) is 2. The van der Waals surface area contributed by atoms with Crippen LogP contribution in [0.3, 0.4) is 0 Å². The molecule has 5 heteroatoms. The summed E-state index contributed by atoms with van der Waals surface area (Å²) in [5.74, 6) is 0.243. The van der Waals surface area contributed by atoms with Crippen molar-refractivity contribution in [1.29, 1.82) is 0 Å². The van der Waals surface area contributed by atoms with E-state index in [1.54, 1.807) is 0 Å². The molecule has 0 bridgehead atoms. The summed E-state index contributed by atoms with van der Waals surface area (Å²) in [6.45, 7) is 5.80. The van der Waals surface area contributed by atoms with E-state index < -0.39 is 0 Å². The molecule has 1 unspecified atom stereocenters. The smallest absolute Gasteiger partial charge is 0.224 e. The van der Waals surface area contributed by atoms with Crippen LogP contribution in [0.1, 0.15) is 25.8 Å². The Balaban J connectivity index is 0.00000200. The summed E-state index contributed by atoms with van der Waals surface area (Å²) in [6.07, 6.45) is 1.66. The van der Waals surface area contributed by atoms with E-state index >= 15 is 0 Å². The number of benzene rings is 1. The minimum atomic E-state index is -0.287. The molecule has 3 nitrogen and oxygen atoms in total. The molecule has 1 aliphatic rings. The van der Waals surface area contributed by atoms with Gasteiger partial charge in [-0.05, 0) is 44.9 Å². The van der Waals surface area contributed by atoms with Crippen LogP contribution in [-0.2, 0) is 11.2 Å². The van der Waals surface area contributed by atoms with Crippen LogP contribution in [0.2, 0.25) is 5.02 Å². The van der Waals surface area contributed by atoms with Gasteiger partial charge in [0.2, 0.25) is 5.91 Å². The van der Waals surface area contributed by atoms with Crippen LogP contribution in [-0.4, -0.2) is 24.5 Å². The van der Waals surface area contributed by atoms with Crippen molar-refractivity contribution in [3.63, 3.8) is 0 Å². The Hall–Kier alpha value is -0.770. The highest BCUT2D eigenvalue weighted by Gasteiger charge is 2.28. The molecule has 0 aromatic heterocycles. The summed E-state index contributed by atoms with van der Waals surface area (Å²) in [5, 5.41) is 7.11. The predicted molar refractivity (Wildman–Crippen MR) is 85.6 cm³/mol. The SMILES string of the molecule is CC(C)(Cc1ccccc1Cl)NC(=O)C1CCNC1.Cl. The lowest BCUT2D eigenvalue weighted by atomic mass is 9.93. The molecule has 1 aromatic carbocycles. The van der Waals surface area contributed by atoms with Gasteiger partial charge in [-0.3, -0.25) is 4.79 Å². The van der Waals surface area contributed by atoms with Gasteiger partial charge in [0.15, 0.2) is 0 Å². The van der Waals surface area contributed by atoms with E-state index in [9.17, 15) is 4.79 Å². The first-order chi connectivity index (χ1) is 8.98. The van der Waals surface area contributed by atoms with Crippen LogP contribution in [0, 0.1) is 5.92 Å². The standard InChI is InChI=1S/C15H21ClN2O.ClH/c1-15(2,9-11-5-3-4-6-13(11)16)18-14(19)12-7-8-17-10-12;/h3-6,12,17H,7-10H2,1-2H3,(H,18,19);1H. The molecule has 20 heavy (non-hydrogen) atoms. The highest BCUT2D eigenvalue weighted by atomic mass is 35.5. The van der Waals surface area contributed by atoms with Crippen LogP contribution >= 0.6 is 24.0 Å². The largest absolute Gasteiger partial charge is 0.351 e. The average molecular weight is 317 g/mol. The first-order valence-corrected chi connectivity index (χ1v) is 7.12. The summed E-state index contributed by atoms with van der Waals surface area (Å²) in [7, 11) is 0. The highest BCUT2D eigenvalue weighted by Crippen LogP contribution is 2.21. The number of carbonyl (C=O) groups excluding carboxylic acids is 1. The van der Waals surface area contributed by atoms with Crippen molar-refractivity contribution < 1.29 is 4.79 Å². The molecule has 2 N–H and O–H groups in total. The lowest BCUT2D eigenvalue weighted by Gasteiger charge is -2.28. The second-order valence-electron chi connectivity index (χ2n) is 5.83. The summed E-state index contributed by atoms with van der Waals surface area (Å²) in [5.41, 5.74) is 0.781. The minimum absolute atomic E-state index is 0. The molecule has 1 atom stereocenters. The van der Waals surface area contributed by atoms with Gasteiger partial charge >= 0.3 is 0 Å². The second-order valence-corrected chi connectivity index (χ2v) is 6.24. The van der Waals surface area contributed by atoms with E-state index in [4.69, 9.17) is 11.6 Å². The van der Waals surface area contributed by atoms with Crippen molar-refractivity contribution in [1.82, 2.24) is 10.6 Å². The van der Waals surface area contributed by atoms with Gasteiger partial charge in [-0.15, -0.1) is 12.4 Å². The molecule has 1 aromatic rings. The van der Waals surface area contributed by atoms with Gasteiger partial charge in [0.1, 0.15) is 0 Å². The zero-order chi connectivity index (χ0) is 13.9. The van der Waals surface area contributed by atoms with E-state index in [2.05, 4.69) is 10.6 Å². The first kappa shape index (κ1) is 17.3. The topological polar surface area (TPSA) is 41.1 Å². The molecule has 1 aliphatic heterocycles. The maximum Gasteiger partial charge on any atom is 0.224 e. The van der Waals surface area contributed by atoms with E-state index in [0.717, 1.165) is 36.5 Å². The molecule has 112 valence electrons. The molecule has 0 saturated carbocycles. The number of carbonyl (C=O) groups is 1. The van der Waals surface area contributed by atoms with E-state index in [-0.39, 0.29) is 29.8 Å². The molecule has 1 saturated heterocycles. The van der Waals surface area contributed by atoms with E-state index in [0.29, 0.717) is 0 Å². The summed E-state index contributed by atoms with van der Waals surface area (Å²) < 4.78 is 0. The normalized spacial score (nSPS) is 18.4. The Morgan fingerprint density at radius 3 is 2.75 bits per heavy atom. The molecule has 2 rings (SSSR count). The van der Waals surface area contributed by atoms with Gasteiger partial charge in [-0.1, -0.05) is 29.8 Å². The zero-order valence-electron chi connectivity index (χ0n) is 11.9. The lowest BCUT2D eigenvalue weighted by Crippen LogP contribution is -2.48. The molecule has 1 amide bonds. The Labute approximate surface area is 131 Å². The Bertz CT molecular complexity index is 457. The average Bonchev–Trinajstić information content (AvgIpc) is 2.85. The number of nitrogens with one attached hydrogen (secondary N) is 2. The predicted octanol–water partition coefficient (Wildman–Crippen LogP) is 2.81. The fraction of sp³-hybridized carbons (Fsp3) is 0.533. The fourth-order valence-electron chi connectivity index (χ4n) is 2.48. The minimum Gasteiger partial charge on any atom is -0.351 e. The molecule has 1 fully saturated rings. The van der Waals surface area contributed by atoms with Crippen molar-refractivity contribution in [2.45, 2.75) is 32.2 Å². The first-order valence-electron chi connectivity index (χ1n) is 6.74. The van der Waals surface area contributed by atoms with Crippen LogP contribution < -0.4 is 10.6 Å². The van der Waals surface area contributed by atoms with Gasteiger partial charge in [-0.25, -0.2) is 0 Å². The van der Waals surface area contributed by atoms with Gasteiger partial charge in [-0.2, -0.15) is 0 Å². The van der Waals surface area contributed by atoms with Gasteiger partial charge in [0, 0.05) is 17.1 Å². The summed E-state index contributed by atoms with van der Waals surface area (Å²) in [4.78, 5) is 12.2. The Kier molecular flexibility index (Phi) is 6.31. The van der Waals surface area contributed by atoms with Crippen molar-refractivity contribution >= 4 is 29.9 Å². The quantitative estimate of drug-likeness (QED) is 0.896. The number of halogens is 2. The Morgan fingerprint density at radius 2 is 2.15 bits per heavy atom. The molecule has 0 spiro atoms. The Morgan fingerprint density at radius 1 is 1.45 bits per heavy atom. The summed E-state index contributed by atoms with van der Waals surface area (Å²) >= 11 is 6.17. The highest BCUT2D eigenvalue weighted by molar-refractivity contribution is 6.31. The number of hydrogen-bond acceptors (Lipinski definition) is 2. The monoisotopic (exact) mass is 316 g/mol. The second kappa shape index (κ2) is 7.30. The van der Waals surface area contributed by atoms with Crippen molar-refractivity contribution in [2.75, 3.05) is 13.1 Å². The van der Waals surface area contributed by atoms with Crippen molar-refractivity contribution in [2.24, 2.45) is 5.92 Å². The van der Waals surface area contributed by atoms with Crippen LogP contribution in [0.25, 0.3) is 0 Å². The third-order valence-corrected chi connectivity index (χ3v) is 3.85. The van der Waals surface area contributed by atoms with Gasteiger partial charge < -0.3 is 10.6 Å².